The summed E-state index contributed by atoms with van der Waals surface area (Å²) in [4.78, 5) is 0.548. The fourth-order valence-corrected chi connectivity index (χ4v) is 3.85. The van der Waals surface area contributed by atoms with Crippen LogP contribution in [-0.2, 0) is 11.8 Å². The maximum atomic E-state index is 12.9. The molecule has 0 saturated heterocycles. The van der Waals surface area contributed by atoms with Gasteiger partial charge in [-0.05, 0) is 36.2 Å². The molecular formula is C12H11F3OS2. The van der Waals surface area contributed by atoms with Crippen molar-refractivity contribution < 1.29 is 18.3 Å². The van der Waals surface area contributed by atoms with Crippen LogP contribution in [0.5, 0.6) is 0 Å². The molecule has 0 spiro atoms. The minimum atomic E-state index is -4.44. The summed E-state index contributed by atoms with van der Waals surface area (Å²) < 4.78 is 38.6. The summed E-state index contributed by atoms with van der Waals surface area (Å²) in [5.41, 5.74) is -1.65. The highest BCUT2D eigenvalue weighted by molar-refractivity contribution is 7.10. The highest BCUT2D eigenvalue weighted by Gasteiger charge is 2.41. The van der Waals surface area contributed by atoms with E-state index in [9.17, 15) is 18.3 Å². The van der Waals surface area contributed by atoms with Gasteiger partial charge in [-0.25, -0.2) is 0 Å². The van der Waals surface area contributed by atoms with Crippen LogP contribution in [0.4, 0.5) is 13.2 Å². The summed E-state index contributed by atoms with van der Waals surface area (Å²) in [7, 11) is 0. The van der Waals surface area contributed by atoms with E-state index < -0.39 is 17.3 Å². The minimum Gasteiger partial charge on any atom is -0.380 e. The smallest absolute Gasteiger partial charge is 0.380 e. The second-order valence-electron chi connectivity index (χ2n) is 4.20. The van der Waals surface area contributed by atoms with Crippen LogP contribution in [0.3, 0.4) is 0 Å². The summed E-state index contributed by atoms with van der Waals surface area (Å²) in [5.74, 6) is 0. The molecule has 1 nitrogen and oxygen atoms in total. The third-order valence-electron chi connectivity index (χ3n) is 2.80. The van der Waals surface area contributed by atoms with Gasteiger partial charge in [-0.2, -0.15) is 24.5 Å². The SMILES string of the molecule is Cc1ccsc1C(C)(O)c1cscc1C(F)(F)F. The number of hydrogen-bond donors (Lipinski definition) is 1. The first-order valence-corrected chi connectivity index (χ1v) is 6.97. The molecule has 0 aliphatic carbocycles. The maximum Gasteiger partial charge on any atom is 0.417 e. The second-order valence-corrected chi connectivity index (χ2v) is 5.86. The van der Waals surface area contributed by atoms with Crippen LogP contribution in [0.1, 0.15) is 28.5 Å². The lowest BCUT2D eigenvalue weighted by Crippen LogP contribution is -2.25. The molecule has 0 radical (unpaired) electrons. The molecule has 0 saturated carbocycles. The average Bonchev–Trinajstić information content (AvgIpc) is 2.83. The molecule has 2 heterocycles. The van der Waals surface area contributed by atoms with E-state index in [2.05, 4.69) is 0 Å². The predicted molar refractivity (Wildman–Crippen MR) is 67.0 cm³/mol. The number of alkyl halides is 3. The van der Waals surface area contributed by atoms with E-state index in [1.165, 1.54) is 23.6 Å². The van der Waals surface area contributed by atoms with Crippen LogP contribution in [0.15, 0.2) is 22.2 Å². The highest BCUT2D eigenvalue weighted by atomic mass is 32.1. The number of thiophene rings is 2. The molecule has 1 unspecified atom stereocenters. The lowest BCUT2D eigenvalue weighted by molar-refractivity contribution is -0.139. The van der Waals surface area contributed by atoms with Crippen molar-refractivity contribution in [1.29, 1.82) is 0 Å². The Morgan fingerprint density at radius 3 is 2.28 bits per heavy atom. The van der Waals surface area contributed by atoms with E-state index >= 15 is 0 Å². The number of aliphatic hydroxyl groups is 1. The van der Waals surface area contributed by atoms with Crippen LogP contribution in [0.25, 0.3) is 0 Å². The third-order valence-corrected chi connectivity index (χ3v) is 4.77. The monoisotopic (exact) mass is 292 g/mol. The molecule has 6 heteroatoms. The van der Waals surface area contributed by atoms with Gasteiger partial charge in [-0.15, -0.1) is 11.3 Å². The van der Waals surface area contributed by atoms with E-state index in [0.29, 0.717) is 4.88 Å². The molecule has 0 aliphatic heterocycles. The molecule has 0 aliphatic rings. The molecule has 0 fully saturated rings. The van der Waals surface area contributed by atoms with Gasteiger partial charge >= 0.3 is 6.18 Å². The Balaban J connectivity index is 2.56. The maximum absolute atomic E-state index is 12.9. The molecule has 0 bridgehead atoms. The van der Waals surface area contributed by atoms with Gasteiger partial charge in [0.2, 0.25) is 0 Å². The first-order chi connectivity index (χ1) is 8.24. The highest BCUT2D eigenvalue weighted by Crippen LogP contribution is 2.43. The largest absolute Gasteiger partial charge is 0.417 e. The fourth-order valence-electron chi connectivity index (χ4n) is 1.89. The number of rotatable bonds is 2. The first-order valence-electron chi connectivity index (χ1n) is 5.15. The van der Waals surface area contributed by atoms with Gasteiger partial charge in [0.05, 0.1) is 5.56 Å². The third kappa shape index (κ3) is 2.20. The van der Waals surface area contributed by atoms with Crippen LogP contribution < -0.4 is 0 Å². The van der Waals surface area contributed by atoms with Crippen molar-refractivity contribution in [3.8, 4) is 0 Å². The minimum absolute atomic E-state index is 0.0782. The zero-order valence-electron chi connectivity index (χ0n) is 9.71. The molecule has 2 rings (SSSR count). The lowest BCUT2D eigenvalue weighted by atomic mass is 9.91. The number of aryl methyl sites for hydroxylation is 1. The molecule has 98 valence electrons. The molecule has 0 aromatic carbocycles. The Hall–Kier alpha value is -0.850. The molecule has 1 atom stereocenters. The van der Waals surface area contributed by atoms with Gasteiger partial charge in [0.15, 0.2) is 0 Å². The van der Waals surface area contributed by atoms with Crippen molar-refractivity contribution in [2.45, 2.75) is 25.6 Å². The second kappa shape index (κ2) is 4.36. The predicted octanol–water partition coefficient (Wildman–Crippen LogP) is 4.39. The molecule has 1 N–H and O–H groups in total. The Morgan fingerprint density at radius 1 is 1.17 bits per heavy atom. The van der Waals surface area contributed by atoms with Crippen LogP contribution in [-0.4, -0.2) is 5.11 Å². The summed E-state index contributed by atoms with van der Waals surface area (Å²) >= 11 is 2.21. The van der Waals surface area contributed by atoms with E-state index in [4.69, 9.17) is 0 Å². The molecule has 18 heavy (non-hydrogen) atoms. The van der Waals surface area contributed by atoms with Crippen molar-refractivity contribution in [1.82, 2.24) is 0 Å². The van der Waals surface area contributed by atoms with E-state index in [-0.39, 0.29) is 5.56 Å². The van der Waals surface area contributed by atoms with Crippen molar-refractivity contribution in [3.05, 3.63) is 43.8 Å². The Kier molecular flexibility index (Phi) is 3.29. The van der Waals surface area contributed by atoms with Crippen molar-refractivity contribution in [2.24, 2.45) is 0 Å². The zero-order chi connectivity index (χ0) is 13.6. The van der Waals surface area contributed by atoms with Gasteiger partial charge in [0.1, 0.15) is 5.60 Å². The molecule has 0 amide bonds. The van der Waals surface area contributed by atoms with Crippen LogP contribution in [0, 0.1) is 6.92 Å². The topological polar surface area (TPSA) is 20.2 Å². The average molecular weight is 292 g/mol. The zero-order valence-corrected chi connectivity index (χ0v) is 11.3. The van der Waals surface area contributed by atoms with E-state index in [1.54, 1.807) is 18.4 Å². The van der Waals surface area contributed by atoms with Crippen LogP contribution >= 0.6 is 22.7 Å². The van der Waals surface area contributed by atoms with Gasteiger partial charge in [0.25, 0.3) is 0 Å². The first kappa shape index (κ1) is 13.6. The summed E-state index contributed by atoms with van der Waals surface area (Å²) in [6, 6.07) is 1.79. The number of hydrogen-bond acceptors (Lipinski definition) is 3. The Morgan fingerprint density at radius 2 is 1.78 bits per heavy atom. The fraction of sp³-hybridized carbons (Fsp3) is 0.333. The van der Waals surface area contributed by atoms with Crippen molar-refractivity contribution in [3.63, 3.8) is 0 Å². The summed E-state index contributed by atoms with van der Waals surface area (Å²) in [6.45, 7) is 3.18. The quantitative estimate of drug-likeness (QED) is 0.870. The van der Waals surface area contributed by atoms with Gasteiger partial charge in [-0.1, -0.05) is 0 Å². The lowest BCUT2D eigenvalue weighted by Gasteiger charge is -2.24. The van der Waals surface area contributed by atoms with Gasteiger partial charge in [-0.3, -0.25) is 0 Å². The molecule has 2 aromatic rings. The van der Waals surface area contributed by atoms with Crippen molar-refractivity contribution in [2.75, 3.05) is 0 Å². The standard InChI is InChI=1S/C12H11F3OS2/c1-7-3-4-18-10(7)11(2,16)8-5-17-6-9(8)12(13,14)15/h3-6,16H,1-2H3. The van der Waals surface area contributed by atoms with E-state index in [1.807, 2.05) is 0 Å². The van der Waals surface area contributed by atoms with E-state index in [0.717, 1.165) is 22.3 Å². The van der Waals surface area contributed by atoms with Crippen LogP contribution in [0.2, 0.25) is 0 Å². The number of halogens is 3. The normalized spacial score (nSPS) is 15.7. The summed E-state index contributed by atoms with van der Waals surface area (Å²) in [5, 5.41) is 14.6. The molecular weight excluding hydrogens is 281 g/mol. The van der Waals surface area contributed by atoms with Gasteiger partial charge in [0, 0.05) is 15.8 Å². The Bertz CT molecular complexity index is 552. The van der Waals surface area contributed by atoms with Crippen molar-refractivity contribution >= 4 is 22.7 Å². The Labute approximate surface area is 111 Å². The van der Waals surface area contributed by atoms with Gasteiger partial charge < -0.3 is 5.11 Å². The summed E-state index contributed by atoms with van der Waals surface area (Å²) in [6.07, 6.45) is -4.44. The molecule has 2 aromatic heterocycles.